The number of carbonyl (C=O) groups excluding carboxylic acids is 5. The van der Waals surface area contributed by atoms with Crippen LogP contribution in [0.5, 0.6) is 0 Å². The molecule has 2 fully saturated rings. The molecular weight excluding hydrogens is 897 g/mol. The molecule has 0 aromatic rings. The molecule has 2 aliphatic heterocycles. The quantitative estimate of drug-likeness (QED) is 0.189. The Kier molecular flexibility index (Phi) is 19.3. The lowest BCUT2D eigenvalue weighted by atomic mass is 9.91. The maximum Gasteiger partial charge on any atom is 0.304 e. The Morgan fingerprint density at radius 1 is 0.683 bits per heavy atom. The van der Waals surface area contributed by atoms with Gasteiger partial charge in [0.15, 0.2) is 18.5 Å². The lowest BCUT2D eigenvalue weighted by Crippen LogP contribution is -2.65. The first-order chi connectivity index (χ1) is 18.7. The number of aliphatic hydroxyl groups excluding tert-OH is 2. The van der Waals surface area contributed by atoms with Crippen molar-refractivity contribution in [3.05, 3.63) is 0 Å². The fourth-order valence-electron chi connectivity index (χ4n) is 4.15. The van der Waals surface area contributed by atoms with E-state index < -0.39 is 104 Å². The van der Waals surface area contributed by atoms with E-state index in [1.165, 1.54) is 0 Å². The number of halogens is 3. The Balaban J connectivity index is 0.00000521. The van der Waals surface area contributed by atoms with Gasteiger partial charge in [0.1, 0.15) is 37.1 Å². The predicted molar refractivity (Wildman–Crippen MR) is 163 cm³/mol. The van der Waals surface area contributed by atoms with Crippen LogP contribution in [-0.4, -0.2) is 109 Å². The van der Waals surface area contributed by atoms with Crippen molar-refractivity contribution in [3.8, 4) is 0 Å². The van der Waals surface area contributed by atoms with Gasteiger partial charge in [-0.25, -0.2) is 0 Å². The molecule has 0 saturated carbocycles. The summed E-state index contributed by atoms with van der Waals surface area (Å²) >= 11 is 4.24. The van der Waals surface area contributed by atoms with E-state index in [9.17, 15) is 34.2 Å². The van der Waals surface area contributed by atoms with Crippen molar-refractivity contribution in [2.24, 2.45) is 5.92 Å². The standard InChI is InChI=1S/C23H34O15.I2.HI/c1-9-18(32-11(3)26)19(16(8-31-10(2)25)37-22(9)35-14(6)29)38-23-21(34-13(5)28)20(33-12(4)27)17(30)15(7-24)36-23;1-2;/h9,15-24,30H,7-8H2,1-6H3;;1H/t9?,15?,16?,17-,18-,19-,20+,21?,22-,23-;;/m1../s1. The molecular formula is C23H35I3O15. The molecule has 2 N–H and O–H groups in total. The van der Waals surface area contributed by atoms with Crippen molar-refractivity contribution in [2.75, 3.05) is 13.2 Å². The lowest BCUT2D eigenvalue weighted by molar-refractivity contribution is -0.351. The number of carbonyl (C=O) groups is 5. The van der Waals surface area contributed by atoms with E-state index in [1.807, 2.05) is 0 Å². The first-order valence-corrected chi connectivity index (χ1v) is 18.3. The number of hydrogen-bond donors (Lipinski definition) is 2. The Morgan fingerprint density at radius 2 is 1.15 bits per heavy atom. The predicted octanol–water partition coefficient (Wildman–Crippen LogP) is 1.12. The van der Waals surface area contributed by atoms with Crippen molar-refractivity contribution in [3.63, 3.8) is 0 Å². The second kappa shape index (κ2) is 19.6. The van der Waals surface area contributed by atoms with Crippen LogP contribution in [0.15, 0.2) is 0 Å². The van der Waals surface area contributed by atoms with Gasteiger partial charge in [-0.2, -0.15) is 0 Å². The minimum atomic E-state index is -1.61. The molecule has 2 saturated heterocycles. The van der Waals surface area contributed by atoms with Gasteiger partial charge in [-0.3, -0.25) is 24.0 Å². The molecule has 0 bridgehead atoms. The van der Waals surface area contributed by atoms with Crippen LogP contribution < -0.4 is 0 Å². The van der Waals surface area contributed by atoms with Gasteiger partial charge in [-0.1, -0.05) is 6.92 Å². The average molecular weight is 932 g/mol. The van der Waals surface area contributed by atoms with Crippen molar-refractivity contribution in [2.45, 2.75) is 96.9 Å². The molecule has 238 valence electrons. The summed E-state index contributed by atoms with van der Waals surface area (Å²) in [7, 11) is 0. The molecule has 0 spiro atoms. The minimum Gasteiger partial charge on any atom is -0.463 e. The highest BCUT2D eigenvalue weighted by Gasteiger charge is 2.54. The summed E-state index contributed by atoms with van der Waals surface area (Å²) < 4.78 is 43.7. The molecule has 0 radical (unpaired) electrons. The molecule has 10 atom stereocenters. The molecule has 2 rings (SSSR count). The van der Waals surface area contributed by atoms with Crippen molar-refractivity contribution >= 4 is 91.1 Å². The summed E-state index contributed by atoms with van der Waals surface area (Å²) in [6, 6.07) is 0. The van der Waals surface area contributed by atoms with Gasteiger partial charge in [-0.15, -0.1) is 24.0 Å². The normalized spacial score (nSPS) is 32.5. The number of esters is 5. The average Bonchev–Trinajstić information content (AvgIpc) is 2.85. The zero-order valence-corrected chi connectivity index (χ0v) is 29.7. The number of ether oxygens (including phenoxy) is 8. The molecule has 4 unspecified atom stereocenters. The van der Waals surface area contributed by atoms with E-state index >= 15 is 0 Å². The number of rotatable bonds is 9. The molecule has 18 heteroatoms. The second-order valence-corrected chi connectivity index (χ2v) is 8.85. The summed E-state index contributed by atoms with van der Waals surface area (Å²) in [6.45, 7) is 5.93. The van der Waals surface area contributed by atoms with Crippen LogP contribution in [0.25, 0.3) is 0 Å². The SMILES string of the molecule is CC(=O)OCC1O[C@@H](OC(C)=O)C(C)[C@@H](OC(C)=O)[C@@H]1O[C@H]1OC(CO)[C@@H](O)[C@H](OC(C)=O)C1OC(C)=O.I.II. The van der Waals surface area contributed by atoms with Gasteiger partial charge >= 0.3 is 29.8 Å². The fourth-order valence-corrected chi connectivity index (χ4v) is 4.15. The third-order valence-corrected chi connectivity index (χ3v) is 5.68. The Morgan fingerprint density at radius 3 is 1.61 bits per heavy atom. The Hall–Kier alpha value is -0.660. The topological polar surface area (TPSA) is 200 Å². The fraction of sp³-hybridized carbons (Fsp3) is 0.783. The van der Waals surface area contributed by atoms with Crippen LogP contribution in [0.1, 0.15) is 41.5 Å². The van der Waals surface area contributed by atoms with Gasteiger partial charge < -0.3 is 48.1 Å². The van der Waals surface area contributed by atoms with E-state index in [4.69, 9.17) is 37.9 Å². The van der Waals surface area contributed by atoms with Crippen LogP contribution in [-0.2, 0) is 61.9 Å². The minimum absolute atomic E-state index is 0. The zero-order chi connectivity index (χ0) is 30.7. The number of aliphatic hydroxyl groups is 2. The van der Waals surface area contributed by atoms with E-state index in [-0.39, 0.29) is 24.0 Å². The monoisotopic (exact) mass is 932 g/mol. The Labute approximate surface area is 277 Å². The van der Waals surface area contributed by atoms with Gasteiger partial charge in [0.25, 0.3) is 0 Å². The Bertz CT molecular complexity index is 890. The summed E-state index contributed by atoms with van der Waals surface area (Å²) in [4.78, 5) is 58.8. The molecule has 2 aliphatic rings. The van der Waals surface area contributed by atoms with Gasteiger partial charge in [-0.05, 0) is 0 Å². The molecule has 0 aromatic heterocycles. The second-order valence-electron chi connectivity index (χ2n) is 8.85. The molecule has 0 amide bonds. The van der Waals surface area contributed by atoms with Crippen molar-refractivity contribution in [1.82, 2.24) is 0 Å². The van der Waals surface area contributed by atoms with Crippen molar-refractivity contribution in [1.29, 1.82) is 0 Å². The molecule has 0 aromatic carbocycles. The summed E-state index contributed by atoms with van der Waals surface area (Å²) in [5.74, 6) is -4.58. The highest BCUT2D eigenvalue weighted by Crippen LogP contribution is 2.35. The summed E-state index contributed by atoms with van der Waals surface area (Å²) in [5.41, 5.74) is 0. The van der Waals surface area contributed by atoms with Crippen LogP contribution in [0.3, 0.4) is 0 Å². The van der Waals surface area contributed by atoms with Crippen LogP contribution >= 0.6 is 61.2 Å². The zero-order valence-electron chi connectivity index (χ0n) is 23.1. The van der Waals surface area contributed by atoms with Crippen LogP contribution in [0.4, 0.5) is 0 Å². The molecule has 41 heavy (non-hydrogen) atoms. The summed E-state index contributed by atoms with van der Waals surface area (Å²) in [5, 5.41) is 20.3. The third kappa shape index (κ3) is 12.5. The highest BCUT2D eigenvalue weighted by atomic mass is 128. The third-order valence-electron chi connectivity index (χ3n) is 5.68. The van der Waals surface area contributed by atoms with Gasteiger partial charge in [0.2, 0.25) is 6.29 Å². The van der Waals surface area contributed by atoms with Crippen LogP contribution in [0, 0.1) is 5.92 Å². The van der Waals surface area contributed by atoms with Crippen molar-refractivity contribution < 1.29 is 72.1 Å². The first kappa shape index (κ1) is 40.3. The van der Waals surface area contributed by atoms with E-state index in [1.54, 1.807) is 6.92 Å². The van der Waals surface area contributed by atoms with E-state index in [0.29, 0.717) is 0 Å². The smallest absolute Gasteiger partial charge is 0.304 e. The first-order valence-electron chi connectivity index (χ1n) is 12.0. The van der Waals surface area contributed by atoms with E-state index in [0.717, 1.165) is 34.6 Å². The summed E-state index contributed by atoms with van der Waals surface area (Å²) in [6.07, 6.45) is -12.5. The molecule has 15 nitrogen and oxygen atoms in total. The number of hydrogen-bond acceptors (Lipinski definition) is 15. The lowest BCUT2D eigenvalue weighted by Gasteiger charge is -2.48. The molecule has 0 aliphatic carbocycles. The van der Waals surface area contributed by atoms with Crippen LogP contribution in [0.2, 0.25) is 0 Å². The largest absolute Gasteiger partial charge is 0.463 e. The molecule has 2 heterocycles. The highest BCUT2D eigenvalue weighted by molar-refractivity contribution is 15.0. The van der Waals surface area contributed by atoms with E-state index in [2.05, 4.69) is 37.2 Å². The maximum atomic E-state index is 12.0. The van der Waals surface area contributed by atoms with Gasteiger partial charge in [0, 0.05) is 71.9 Å². The van der Waals surface area contributed by atoms with Gasteiger partial charge in [0.05, 0.1) is 12.5 Å². The maximum absolute atomic E-state index is 12.0.